The molecule has 6 heteroatoms. The van der Waals surface area contributed by atoms with Crippen molar-refractivity contribution >= 4 is 11.8 Å². The van der Waals surface area contributed by atoms with Gasteiger partial charge in [0.05, 0.1) is 6.54 Å². The maximum absolute atomic E-state index is 12.4. The molecule has 0 N–H and O–H groups in total. The molecule has 2 aliphatic rings. The Morgan fingerprint density at radius 1 is 1.04 bits per heavy atom. The Bertz CT molecular complexity index is 765. The van der Waals surface area contributed by atoms with Gasteiger partial charge >= 0.3 is 11.8 Å². The Labute approximate surface area is 146 Å². The highest BCUT2D eigenvalue weighted by molar-refractivity contribution is 6.35. The van der Waals surface area contributed by atoms with Crippen LogP contribution in [0.4, 0.5) is 0 Å². The summed E-state index contributed by atoms with van der Waals surface area (Å²) in [7, 11) is 0. The molecule has 4 rings (SSSR count). The second-order valence-corrected chi connectivity index (χ2v) is 6.71. The van der Waals surface area contributed by atoms with Gasteiger partial charge in [-0.2, -0.15) is 0 Å². The summed E-state index contributed by atoms with van der Waals surface area (Å²) >= 11 is 0. The highest BCUT2D eigenvalue weighted by atomic mass is 16.5. The van der Waals surface area contributed by atoms with E-state index in [-0.39, 0.29) is 18.5 Å². The Morgan fingerprint density at radius 3 is 2.56 bits per heavy atom. The first-order valence-corrected chi connectivity index (χ1v) is 8.83. The van der Waals surface area contributed by atoms with Crippen molar-refractivity contribution in [1.82, 2.24) is 15.0 Å². The number of rotatable bonds is 4. The van der Waals surface area contributed by atoms with Crippen molar-refractivity contribution in [2.75, 3.05) is 13.1 Å². The third-order valence-electron chi connectivity index (χ3n) is 5.08. The Hall–Kier alpha value is -2.63. The Morgan fingerprint density at radius 2 is 1.80 bits per heavy atom. The van der Waals surface area contributed by atoms with Gasteiger partial charge in [-0.05, 0) is 12.8 Å². The van der Waals surface area contributed by atoms with Crippen molar-refractivity contribution in [3.63, 3.8) is 0 Å². The van der Waals surface area contributed by atoms with Crippen molar-refractivity contribution in [2.24, 2.45) is 0 Å². The fourth-order valence-corrected chi connectivity index (χ4v) is 3.73. The average molecular weight is 339 g/mol. The van der Waals surface area contributed by atoms with E-state index in [1.165, 1.54) is 0 Å². The molecule has 2 heterocycles. The molecule has 0 spiro atoms. The summed E-state index contributed by atoms with van der Waals surface area (Å²) in [4.78, 5) is 28.2. The van der Waals surface area contributed by atoms with Crippen LogP contribution in [-0.4, -0.2) is 45.9 Å². The molecule has 130 valence electrons. The van der Waals surface area contributed by atoms with Gasteiger partial charge in [0.25, 0.3) is 0 Å². The number of hydrogen-bond acceptors (Lipinski definition) is 4. The maximum Gasteiger partial charge on any atom is 0.312 e. The number of carbonyl (C=O) groups excluding carboxylic acids is 2. The predicted octanol–water partition coefficient (Wildman–Crippen LogP) is 2.46. The zero-order valence-corrected chi connectivity index (χ0v) is 14.1. The Kier molecular flexibility index (Phi) is 4.26. The second-order valence-electron chi connectivity index (χ2n) is 6.71. The molecule has 0 bridgehead atoms. The fourth-order valence-electron chi connectivity index (χ4n) is 3.73. The van der Waals surface area contributed by atoms with Gasteiger partial charge in [0, 0.05) is 30.8 Å². The van der Waals surface area contributed by atoms with E-state index in [1.54, 1.807) is 9.80 Å². The largest absolute Gasteiger partial charge is 0.359 e. The highest BCUT2D eigenvalue weighted by Crippen LogP contribution is 2.26. The quantitative estimate of drug-likeness (QED) is 0.803. The number of benzene rings is 1. The molecular formula is C19H21N3O3. The molecular weight excluding hydrogens is 318 g/mol. The molecule has 0 atom stereocenters. The molecule has 2 amide bonds. The molecule has 1 aromatic carbocycles. The molecule has 6 nitrogen and oxygen atoms in total. The lowest BCUT2D eigenvalue weighted by molar-refractivity contribution is -0.158. The number of nitrogens with zero attached hydrogens (tertiary/aromatic N) is 3. The van der Waals surface area contributed by atoms with Crippen LogP contribution in [0.5, 0.6) is 0 Å². The molecule has 1 saturated carbocycles. The van der Waals surface area contributed by atoms with Crippen LogP contribution in [0.15, 0.2) is 40.9 Å². The molecule has 25 heavy (non-hydrogen) atoms. The van der Waals surface area contributed by atoms with Crippen molar-refractivity contribution in [1.29, 1.82) is 0 Å². The molecule has 0 radical (unpaired) electrons. The van der Waals surface area contributed by atoms with Crippen molar-refractivity contribution < 1.29 is 14.1 Å². The van der Waals surface area contributed by atoms with Crippen LogP contribution in [0.3, 0.4) is 0 Å². The van der Waals surface area contributed by atoms with Crippen LogP contribution in [0.2, 0.25) is 0 Å². The maximum atomic E-state index is 12.4. The van der Waals surface area contributed by atoms with Gasteiger partial charge in [-0.1, -0.05) is 48.3 Å². The lowest BCUT2D eigenvalue weighted by Crippen LogP contribution is -2.56. The topological polar surface area (TPSA) is 66.7 Å². The van der Waals surface area contributed by atoms with Gasteiger partial charge in [-0.25, -0.2) is 0 Å². The molecule has 1 aliphatic heterocycles. The van der Waals surface area contributed by atoms with Crippen LogP contribution >= 0.6 is 0 Å². The number of carbonyl (C=O) groups is 2. The summed E-state index contributed by atoms with van der Waals surface area (Å²) in [6.45, 7) is 1.43. The lowest BCUT2D eigenvalue weighted by atomic mass is 10.1. The smallest absolute Gasteiger partial charge is 0.312 e. The number of amides is 2. The molecule has 1 aliphatic carbocycles. The molecule has 1 aromatic heterocycles. The van der Waals surface area contributed by atoms with E-state index >= 15 is 0 Å². The zero-order chi connectivity index (χ0) is 17.2. The van der Waals surface area contributed by atoms with Gasteiger partial charge in [0.15, 0.2) is 5.76 Å². The minimum absolute atomic E-state index is 0.244. The summed E-state index contributed by atoms with van der Waals surface area (Å²) in [6, 6.07) is 11.8. The van der Waals surface area contributed by atoms with Gasteiger partial charge in [-0.3, -0.25) is 9.59 Å². The fraction of sp³-hybridized carbons (Fsp3) is 0.421. The normalized spacial score (nSPS) is 19.0. The summed E-state index contributed by atoms with van der Waals surface area (Å²) < 4.78 is 5.36. The standard InChI is InChI=1S/C19H21N3O3/c23-18-19(24)22(15-8-4-5-9-15)11-10-21(18)13-16-12-17(20-25-16)14-6-2-1-3-7-14/h1-3,6-7,12,15H,4-5,8-11,13H2. The van der Waals surface area contributed by atoms with Crippen molar-refractivity contribution in [2.45, 2.75) is 38.3 Å². The van der Waals surface area contributed by atoms with E-state index < -0.39 is 5.91 Å². The SMILES string of the molecule is O=C1C(=O)N(C2CCCC2)CCN1Cc1cc(-c2ccccc2)no1. The minimum atomic E-state index is -0.434. The van der Waals surface area contributed by atoms with Gasteiger partial charge < -0.3 is 14.3 Å². The van der Waals surface area contributed by atoms with Crippen molar-refractivity contribution in [3.05, 3.63) is 42.2 Å². The Balaban J connectivity index is 1.43. The van der Waals surface area contributed by atoms with E-state index in [2.05, 4.69) is 5.16 Å². The zero-order valence-electron chi connectivity index (χ0n) is 14.1. The minimum Gasteiger partial charge on any atom is -0.359 e. The summed E-state index contributed by atoms with van der Waals surface area (Å²) in [5.74, 6) is -0.217. The van der Waals surface area contributed by atoms with Crippen LogP contribution in [0.1, 0.15) is 31.4 Å². The summed E-state index contributed by atoms with van der Waals surface area (Å²) in [6.07, 6.45) is 4.32. The van der Waals surface area contributed by atoms with E-state index in [0.29, 0.717) is 18.8 Å². The average Bonchev–Trinajstić information content (AvgIpc) is 3.32. The number of piperazine rings is 1. The van der Waals surface area contributed by atoms with E-state index in [0.717, 1.165) is 36.9 Å². The summed E-state index contributed by atoms with van der Waals surface area (Å²) in [5, 5.41) is 4.07. The lowest BCUT2D eigenvalue weighted by Gasteiger charge is -2.36. The van der Waals surface area contributed by atoms with Crippen LogP contribution < -0.4 is 0 Å². The summed E-state index contributed by atoms with van der Waals surface area (Å²) in [5.41, 5.74) is 1.70. The van der Waals surface area contributed by atoms with Crippen LogP contribution in [0, 0.1) is 0 Å². The molecule has 2 aromatic rings. The van der Waals surface area contributed by atoms with Gasteiger partial charge in [0.1, 0.15) is 5.69 Å². The first-order valence-electron chi connectivity index (χ1n) is 8.83. The van der Waals surface area contributed by atoms with Gasteiger partial charge in [0.2, 0.25) is 0 Å². The first-order chi connectivity index (χ1) is 12.2. The number of hydrogen-bond donors (Lipinski definition) is 0. The van der Waals surface area contributed by atoms with Crippen LogP contribution in [0.25, 0.3) is 11.3 Å². The monoisotopic (exact) mass is 339 g/mol. The highest BCUT2D eigenvalue weighted by Gasteiger charge is 2.37. The molecule has 1 saturated heterocycles. The first kappa shape index (κ1) is 15.9. The predicted molar refractivity (Wildman–Crippen MR) is 91.3 cm³/mol. The van der Waals surface area contributed by atoms with Crippen LogP contribution in [-0.2, 0) is 16.1 Å². The van der Waals surface area contributed by atoms with E-state index in [1.807, 2.05) is 36.4 Å². The van der Waals surface area contributed by atoms with E-state index in [4.69, 9.17) is 4.52 Å². The second kappa shape index (κ2) is 6.70. The third kappa shape index (κ3) is 3.16. The number of aromatic nitrogens is 1. The van der Waals surface area contributed by atoms with E-state index in [9.17, 15) is 9.59 Å². The van der Waals surface area contributed by atoms with Crippen molar-refractivity contribution in [3.8, 4) is 11.3 Å². The molecule has 0 unspecified atom stereocenters. The third-order valence-corrected chi connectivity index (χ3v) is 5.08. The van der Waals surface area contributed by atoms with Gasteiger partial charge in [-0.15, -0.1) is 0 Å². The molecule has 2 fully saturated rings.